The molecule has 1 rings (SSSR count). The van der Waals surface area contributed by atoms with Gasteiger partial charge in [-0.1, -0.05) is 6.92 Å². The molecule has 0 saturated carbocycles. The SMILES string of the molecule is CCNC(=O)C(C)Nc1nc(CC)nc(NN)c1C. The molecule has 0 aliphatic heterocycles. The van der Waals surface area contributed by atoms with Crippen LogP contribution in [0.15, 0.2) is 0 Å². The molecule has 0 radical (unpaired) electrons. The highest BCUT2D eigenvalue weighted by Gasteiger charge is 2.16. The first kappa shape index (κ1) is 15.2. The second-order valence-corrected chi connectivity index (χ2v) is 4.22. The molecule has 0 fully saturated rings. The molecule has 0 saturated heterocycles. The first-order valence-electron chi connectivity index (χ1n) is 6.41. The van der Waals surface area contributed by atoms with Crippen molar-refractivity contribution in [2.24, 2.45) is 5.84 Å². The molecule has 19 heavy (non-hydrogen) atoms. The van der Waals surface area contributed by atoms with E-state index >= 15 is 0 Å². The lowest BCUT2D eigenvalue weighted by atomic mass is 10.2. The Balaban J connectivity index is 2.96. The van der Waals surface area contributed by atoms with Crippen LogP contribution in [0.3, 0.4) is 0 Å². The van der Waals surface area contributed by atoms with Gasteiger partial charge in [0.05, 0.1) is 0 Å². The molecule has 0 spiro atoms. The van der Waals surface area contributed by atoms with Gasteiger partial charge in [0.1, 0.15) is 23.5 Å². The number of nitrogens with two attached hydrogens (primary N) is 1. The van der Waals surface area contributed by atoms with E-state index in [4.69, 9.17) is 5.84 Å². The van der Waals surface area contributed by atoms with Gasteiger partial charge >= 0.3 is 0 Å². The minimum Gasteiger partial charge on any atom is -0.358 e. The zero-order valence-electron chi connectivity index (χ0n) is 11.9. The van der Waals surface area contributed by atoms with Crippen LogP contribution >= 0.6 is 0 Å². The van der Waals surface area contributed by atoms with Crippen molar-refractivity contribution in [3.8, 4) is 0 Å². The Bertz CT molecular complexity index is 448. The summed E-state index contributed by atoms with van der Waals surface area (Å²) in [7, 11) is 0. The number of anilines is 2. The fourth-order valence-corrected chi connectivity index (χ4v) is 1.60. The molecule has 1 unspecified atom stereocenters. The van der Waals surface area contributed by atoms with Gasteiger partial charge in [0, 0.05) is 18.5 Å². The zero-order chi connectivity index (χ0) is 14.4. The van der Waals surface area contributed by atoms with Crippen LogP contribution < -0.4 is 21.9 Å². The zero-order valence-corrected chi connectivity index (χ0v) is 11.9. The first-order valence-corrected chi connectivity index (χ1v) is 6.41. The van der Waals surface area contributed by atoms with Crippen LogP contribution in [0.4, 0.5) is 11.6 Å². The Hall–Kier alpha value is -1.89. The third-order valence-electron chi connectivity index (χ3n) is 2.74. The van der Waals surface area contributed by atoms with E-state index in [0.29, 0.717) is 30.4 Å². The van der Waals surface area contributed by atoms with Crippen LogP contribution in [0, 0.1) is 6.92 Å². The van der Waals surface area contributed by atoms with Crippen LogP contribution in [0.5, 0.6) is 0 Å². The van der Waals surface area contributed by atoms with Gasteiger partial charge in [0.15, 0.2) is 0 Å². The van der Waals surface area contributed by atoms with E-state index in [0.717, 1.165) is 5.56 Å². The summed E-state index contributed by atoms with van der Waals surface area (Å²) in [4.78, 5) is 20.4. The lowest BCUT2D eigenvalue weighted by Crippen LogP contribution is -2.37. The van der Waals surface area contributed by atoms with E-state index in [2.05, 4.69) is 26.0 Å². The molecule has 1 aromatic rings. The number of aryl methyl sites for hydroxylation is 1. The number of hydrazine groups is 1. The molecule has 1 heterocycles. The summed E-state index contributed by atoms with van der Waals surface area (Å²) in [5.74, 6) is 7.23. The summed E-state index contributed by atoms with van der Waals surface area (Å²) in [6.45, 7) is 8.08. The minimum atomic E-state index is -0.371. The Morgan fingerprint density at radius 2 is 1.95 bits per heavy atom. The Morgan fingerprint density at radius 3 is 2.47 bits per heavy atom. The Morgan fingerprint density at radius 1 is 1.32 bits per heavy atom. The van der Waals surface area contributed by atoms with Gasteiger partial charge in [-0.05, 0) is 20.8 Å². The summed E-state index contributed by atoms with van der Waals surface area (Å²) in [6, 6.07) is -0.371. The molecule has 106 valence electrons. The maximum Gasteiger partial charge on any atom is 0.242 e. The lowest BCUT2D eigenvalue weighted by Gasteiger charge is -2.17. The maximum absolute atomic E-state index is 11.7. The van der Waals surface area contributed by atoms with Crippen LogP contribution in [0.1, 0.15) is 32.2 Å². The minimum absolute atomic E-state index is 0.0687. The monoisotopic (exact) mass is 266 g/mol. The van der Waals surface area contributed by atoms with Crippen LogP contribution in [-0.4, -0.2) is 28.5 Å². The first-order chi connectivity index (χ1) is 9.03. The average Bonchev–Trinajstić information content (AvgIpc) is 2.41. The quantitative estimate of drug-likeness (QED) is 0.443. The van der Waals surface area contributed by atoms with Crippen molar-refractivity contribution >= 4 is 17.5 Å². The number of aromatic nitrogens is 2. The van der Waals surface area contributed by atoms with Crippen LogP contribution in [0.2, 0.25) is 0 Å². The molecule has 1 aromatic heterocycles. The Kier molecular flexibility index (Phi) is 5.50. The standard InChI is InChI=1S/C12H22N6O/c1-5-9-16-10(7(3)11(17-9)18-13)15-8(4)12(19)14-6-2/h8H,5-6,13H2,1-4H3,(H,14,19)(H2,15,16,17,18). The maximum atomic E-state index is 11.7. The molecule has 5 N–H and O–H groups in total. The summed E-state index contributed by atoms with van der Waals surface area (Å²) < 4.78 is 0. The smallest absolute Gasteiger partial charge is 0.242 e. The fourth-order valence-electron chi connectivity index (χ4n) is 1.60. The molecule has 0 aromatic carbocycles. The number of hydrogen-bond donors (Lipinski definition) is 4. The largest absolute Gasteiger partial charge is 0.358 e. The number of likely N-dealkylation sites (N-methyl/N-ethyl adjacent to an activating group) is 1. The predicted molar refractivity (Wildman–Crippen MR) is 75.7 cm³/mol. The van der Waals surface area contributed by atoms with Crippen LogP contribution in [0.25, 0.3) is 0 Å². The number of nitrogens with zero attached hydrogens (tertiary/aromatic N) is 2. The van der Waals surface area contributed by atoms with E-state index in [1.165, 1.54) is 0 Å². The molecule has 7 heteroatoms. The van der Waals surface area contributed by atoms with E-state index < -0.39 is 0 Å². The summed E-state index contributed by atoms with van der Waals surface area (Å²) in [5, 5.41) is 5.84. The number of carbonyl (C=O) groups excluding carboxylic acids is 1. The molecule has 0 bridgehead atoms. The molecule has 0 aliphatic rings. The van der Waals surface area contributed by atoms with Crippen molar-refractivity contribution in [1.82, 2.24) is 15.3 Å². The molecule has 1 atom stereocenters. The molecule has 1 amide bonds. The highest BCUT2D eigenvalue weighted by Crippen LogP contribution is 2.20. The second-order valence-electron chi connectivity index (χ2n) is 4.22. The summed E-state index contributed by atoms with van der Waals surface area (Å²) in [5.41, 5.74) is 3.33. The lowest BCUT2D eigenvalue weighted by molar-refractivity contribution is -0.121. The third kappa shape index (κ3) is 3.78. The molecule has 0 aliphatic carbocycles. The predicted octanol–water partition coefficient (Wildman–Crippen LogP) is 0.570. The van der Waals surface area contributed by atoms with Crippen LogP contribution in [-0.2, 0) is 11.2 Å². The van der Waals surface area contributed by atoms with Crippen molar-refractivity contribution in [1.29, 1.82) is 0 Å². The van der Waals surface area contributed by atoms with Gasteiger partial charge in [-0.25, -0.2) is 15.8 Å². The van der Waals surface area contributed by atoms with Crippen molar-refractivity contribution in [3.63, 3.8) is 0 Å². The van der Waals surface area contributed by atoms with Crippen molar-refractivity contribution in [2.75, 3.05) is 17.3 Å². The second kappa shape index (κ2) is 6.89. The number of amides is 1. The van der Waals surface area contributed by atoms with Crippen molar-refractivity contribution < 1.29 is 4.79 Å². The number of nitrogens with one attached hydrogen (secondary N) is 3. The van der Waals surface area contributed by atoms with Gasteiger partial charge in [-0.2, -0.15) is 0 Å². The Labute approximate surface area is 113 Å². The number of rotatable bonds is 6. The molecular formula is C12H22N6O. The van der Waals surface area contributed by atoms with Gasteiger partial charge in [0.2, 0.25) is 5.91 Å². The highest BCUT2D eigenvalue weighted by atomic mass is 16.2. The van der Waals surface area contributed by atoms with E-state index in [9.17, 15) is 4.79 Å². The van der Waals surface area contributed by atoms with E-state index in [1.54, 1.807) is 6.92 Å². The number of hydrogen-bond acceptors (Lipinski definition) is 6. The summed E-state index contributed by atoms with van der Waals surface area (Å²) in [6.07, 6.45) is 0.694. The van der Waals surface area contributed by atoms with Gasteiger partial charge in [-0.15, -0.1) is 0 Å². The average molecular weight is 266 g/mol. The highest BCUT2D eigenvalue weighted by molar-refractivity contribution is 5.84. The molecule has 7 nitrogen and oxygen atoms in total. The van der Waals surface area contributed by atoms with Gasteiger partial charge < -0.3 is 16.1 Å². The van der Waals surface area contributed by atoms with E-state index in [1.807, 2.05) is 20.8 Å². The third-order valence-corrected chi connectivity index (χ3v) is 2.74. The van der Waals surface area contributed by atoms with E-state index in [-0.39, 0.29) is 11.9 Å². The van der Waals surface area contributed by atoms with Crippen molar-refractivity contribution in [2.45, 2.75) is 40.2 Å². The number of nitrogen functional groups attached to an aromatic ring is 1. The fraction of sp³-hybridized carbons (Fsp3) is 0.583. The normalized spacial score (nSPS) is 11.8. The van der Waals surface area contributed by atoms with Gasteiger partial charge in [-0.3, -0.25) is 4.79 Å². The van der Waals surface area contributed by atoms with Gasteiger partial charge in [0.25, 0.3) is 0 Å². The summed E-state index contributed by atoms with van der Waals surface area (Å²) >= 11 is 0. The number of carbonyl (C=O) groups is 1. The molecular weight excluding hydrogens is 244 g/mol. The topological polar surface area (TPSA) is 105 Å². The van der Waals surface area contributed by atoms with Crippen molar-refractivity contribution in [3.05, 3.63) is 11.4 Å².